The lowest BCUT2D eigenvalue weighted by Gasteiger charge is -1.89. The maximum Gasteiger partial charge on any atom is 0.331 e. The number of aromatic nitrogens is 2. The predicted octanol–water partition coefficient (Wildman–Crippen LogP) is 0.898. The monoisotopic (exact) mass is 152 g/mol. The van der Waals surface area contributed by atoms with Crippen LogP contribution in [-0.4, -0.2) is 21.0 Å². The lowest BCUT2D eigenvalue weighted by atomic mass is 10.2. The van der Waals surface area contributed by atoms with Gasteiger partial charge in [0.05, 0.1) is 18.2 Å². The molecule has 0 fully saturated rings. The molecule has 0 bridgehead atoms. The molecule has 0 aliphatic carbocycles. The fourth-order valence-corrected chi connectivity index (χ4v) is 0.641. The van der Waals surface area contributed by atoms with Gasteiger partial charge in [-0.05, 0) is 13.0 Å². The summed E-state index contributed by atoms with van der Waals surface area (Å²) < 4.78 is 0. The minimum atomic E-state index is -0.917. The molecule has 0 saturated heterocycles. The van der Waals surface area contributed by atoms with Crippen LogP contribution in [0.3, 0.4) is 0 Å². The first kappa shape index (κ1) is 7.53. The highest BCUT2D eigenvalue weighted by molar-refractivity contribution is 5.90. The SMILES string of the molecule is C/C(=C/c1cnc[nH]1)C(=O)O. The van der Waals surface area contributed by atoms with Crippen LogP contribution in [-0.2, 0) is 4.79 Å². The van der Waals surface area contributed by atoms with Crippen molar-refractivity contribution in [2.75, 3.05) is 0 Å². The molecule has 1 aromatic rings. The zero-order valence-electron chi connectivity index (χ0n) is 6.03. The number of hydrogen-bond donors (Lipinski definition) is 2. The largest absolute Gasteiger partial charge is 0.478 e. The Hall–Kier alpha value is -1.58. The van der Waals surface area contributed by atoms with Crippen molar-refractivity contribution in [3.63, 3.8) is 0 Å². The van der Waals surface area contributed by atoms with Gasteiger partial charge in [-0.1, -0.05) is 0 Å². The second-order valence-corrected chi connectivity index (χ2v) is 2.14. The number of carboxylic acids is 1. The number of H-pyrrole nitrogens is 1. The Morgan fingerprint density at radius 2 is 2.55 bits per heavy atom. The van der Waals surface area contributed by atoms with E-state index >= 15 is 0 Å². The summed E-state index contributed by atoms with van der Waals surface area (Å²) in [7, 11) is 0. The standard InChI is InChI=1S/C7H8N2O2/c1-5(7(10)11)2-6-3-8-4-9-6/h2-4H,1H3,(H,8,9)(H,10,11)/b5-2-. The van der Waals surface area contributed by atoms with Gasteiger partial charge in [0.1, 0.15) is 0 Å². The number of rotatable bonds is 2. The Morgan fingerprint density at radius 3 is 3.00 bits per heavy atom. The van der Waals surface area contributed by atoms with E-state index in [4.69, 9.17) is 5.11 Å². The summed E-state index contributed by atoms with van der Waals surface area (Å²) in [5, 5.41) is 8.48. The van der Waals surface area contributed by atoms with Crippen LogP contribution in [0, 0.1) is 0 Å². The maximum absolute atomic E-state index is 10.3. The first-order chi connectivity index (χ1) is 5.20. The topological polar surface area (TPSA) is 66.0 Å². The summed E-state index contributed by atoms with van der Waals surface area (Å²) in [6.07, 6.45) is 4.59. The van der Waals surface area contributed by atoms with E-state index in [1.165, 1.54) is 19.3 Å². The van der Waals surface area contributed by atoms with Gasteiger partial charge in [-0.25, -0.2) is 9.78 Å². The molecule has 0 spiro atoms. The minimum Gasteiger partial charge on any atom is -0.478 e. The van der Waals surface area contributed by atoms with Gasteiger partial charge in [0.25, 0.3) is 0 Å². The Balaban J connectivity index is 2.82. The average molecular weight is 152 g/mol. The molecule has 4 nitrogen and oxygen atoms in total. The lowest BCUT2D eigenvalue weighted by molar-refractivity contribution is -0.132. The van der Waals surface area contributed by atoms with Crippen molar-refractivity contribution in [3.8, 4) is 0 Å². The highest BCUT2D eigenvalue weighted by atomic mass is 16.4. The van der Waals surface area contributed by atoms with E-state index in [1.807, 2.05) is 0 Å². The first-order valence-corrected chi connectivity index (χ1v) is 3.10. The van der Waals surface area contributed by atoms with Crippen LogP contribution in [0.1, 0.15) is 12.6 Å². The van der Waals surface area contributed by atoms with Gasteiger partial charge in [-0.15, -0.1) is 0 Å². The van der Waals surface area contributed by atoms with Crippen LogP contribution < -0.4 is 0 Å². The smallest absolute Gasteiger partial charge is 0.331 e. The van der Waals surface area contributed by atoms with Gasteiger partial charge in [0.15, 0.2) is 0 Å². The molecular formula is C7H8N2O2. The van der Waals surface area contributed by atoms with Gasteiger partial charge in [-0.2, -0.15) is 0 Å². The van der Waals surface area contributed by atoms with E-state index in [0.717, 1.165) is 0 Å². The summed E-state index contributed by atoms with van der Waals surface area (Å²) in [6.45, 7) is 1.53. The third kappa shape index (κ3) is 1.93. The molecule has 11 heavy (non-hydrogen) atoms. The fraction of sp³-hybridized carbons (Fsp3) is 0.143. The number of nitrogens with zero attached hydrogens (tertiary/aromatic N) is 1. The normalized spacial score (nSPS) is 11.5. The number of aliphatic carboxylic acids is 1. The van der Waals surface area contributed by atoms with E-state index in [2.05, 4.69) is 9.97 Å². The molecule has 0 amide bonds. The predicted molar refractivity (Wildman–Crippen MR) is 39.9 cm³/mol. The van der Waals surface area contributed by atoms with Gasteiger partial charge in [-0.3, -0.25) is 0 Å². The fourth-order valence-electron chi connectivity index (χ4n) is 0.641. The molecule has 0 radical (unpaired) electrons. The Kier molecular flexibility index (Phi) is 2.06. The molecule has 0 atom stereocenters. The van der Waals surface area contributed by atoms with Crippen molar-refractivity contribution >= 4 is 12.0 Å². The van der Waals surface area contributed by atoms with Crippen LogP contribution in [0.15, 0.2) is 18.1 Å². The number of carbonyl (C=O) groups is 1. The van der Waals surface area contributed by atoms with Gasteiger partial charge in [0.2, 0.25) is 0 Å². The summed E-state index contributed by atoms with van der Waals surface area (Å²) in [4.78, 5) is 16.8. The first-order valence-electron chi connectivity index (χ1n) is 3.10. The zero-order chi connectivity index (χ0) is 8.27. The molecule has 4 heteroatoms. The highest BCUT2D eigenvalue weighted by Crippen LogP contribution is 2.01. The molecule has 0 unspecified atom stereocenters. The summed E-state index contributed by atoms with van der Waals surface area (Å²) in [5.41, 5.74) is 0.985. The molecule has 58 valence electrons. The number of carboxylic acid groups (broad SMARTS) is 1. The van der Waals surface area contributed by atoms with Gasteiger partial charge in [0, 0.05) is 5.57 Å². The number of aromatic amines is 1. The number of nitrogens with one attached hydrogen (secondary N) is 1. The van der Waals surface area contributed by atoms with Crippen LogP contribution in [0.5, 0.6) is 0 Å². The lowest BCUT2D eigenvalue weighted by Crippen LogP contribution is -1.95. The summed E-state index contributed by atoms with van der Waals surface area (Å²) >= 11 is 0. The molecule has 1 aromatic heterocycles. The van der Waals surface area contributed by atoms with Crippen molar-refractivity contribution in [2.24, 2.45) is 0 Å². The van der Waals surface area contributed by atoms with E-state index in [9.17, 15) is 4.79 Å². The molecule has 0 aliphatic heterocycles. The summed E-state index contributed by atoms with van der Waals surface area (Å²) in [6, 6.07) is 0. The van der Waals surface area contributed by atoms with Crippen LogP contribution >= 0.6 is 0 Å². The second kappa shape index (κ2) is 3.01. The van der Waals surface area contributed by atoms with Crippen molar-refractivity contribution in [3.05, 3.63) is 23.8 Å². The average Bonchev–Trinajstić information content (AvgIpc) is 2.39. The number of hydrogen-bond acceptors (Lipinski definition) is 2. The van der Waals surface area contributed by atoms with Crippen molar-refractivity contribution in [1.82, 2.24) is 9.97 Å². The van der Waals surface area contributed by atoms with E-state index < -0.39 is 5.97 Å². The highest BCUT2D eigenvalue weighted by Gasteiger charge is 1.99. The van der Waals surface area contributed by atoms with Gasteiger partial charge >= 0.3 is 5.97 Å². The molecule has 1 rings (SSSR count). The van der Waals surface area contributed by atoms with Gasteiger partial charge < -0.3 is 10.1 Å². The van der Waals surface area contributed by atoms with E-state index in [1.54, 1.807) is 6.20 Å². The van der Waals surface area contributed by atoms with Crippen molar-refractivity contribution in [1.29, 1.82) is 0 Å². The second-order valence-electron chi connectivity index (χ2n) is 2.14. The van der Waals surface area contributed by atoms with Crippen molar-refractivity contribution < 1.29 is 9.90 Å². The molecule has 0 aromatic carbocycles. The van der Waals surface area contributed by atoms with Crippen LogP contribution in [0.2, 0.25) is 0 Å². The minimum absolute atomic E-state index is 0.286. The van der Waals surface area contributed by atoms with Crippen LogP contribution in [0.4, 0.5) is 0 Å². The van der Waals surface area contributed by atoms with E-state index in [0.29, 0.717) is 5.69 Å². The Bertz CT molecular complexity index is 275. The summed E-state index contributed by atoms with van der Waals surface area (Å²) in [5.74, 6) is -0.917. The third-order valence-electron chi connectivity index (χ3n) is 1.23. The Labute approximate surface area is 63.6 Å². The Morgan fingerprint density at radius 1 is 1.82 bits per heavy atom. The van der Waals surface area contributed by atoms with Crippen molar-refractivity contribution in [2.45, 2.75) is 6.92 Å². The molecule has 0 aliphatic rings. The quantitative estimate of drug-likeness (QED) is 0.618. The molecular weight excluding hydrogens is 144 g/mol. The maximum atomic E-state index is 10.3. The van der Waals surface area contributed by atoms with E-state index in [-0.39, 0.29) is 5.57 Å². The molecule has 2 N–H and O–H groups in total. The number of imidazole rings is 1. The molecule has 1 heterocycles. The molecule has 0 saturated carbocycles. The third-order valence-corrected chi connectivity index (χ3v) is 1.23. The zero-order valence-corrected chi connectivity index (χ0v) is 6.03. The van der Waals surface area contributed by atoms with Crippen LogP contribution in [0.25, 0.3) is 6.08 Å².